The Labute approximate surface area is 155 Å². The number of thiocarbonyl (C=S) groups is 1. The van der Waals surface area contributed by atoms with Gasteiger partial charge in [0, 0.05) is 13.1 Å². The Balaban J connectivity index is 1.87. The van der Waals surface area contributed by atoms with E-state index >= 15 is 0 Å². The van der Waals surface area contributed by atoms with Crippen molar-refractivity contribution in [1.29, 1.82) is 0 Å². The van der Waals surface area contributed by atoms with Gasteiger partial charge in [-0.3, -0.25) is 0 Å². The van der Waals surface area contributed by atoms with Crippen molar-refractivity contribution in [3.8, 4) is 0 Å². The maximum Gasteiger partial charge on any atom is 0.166 e. The Kier molecular flexibility index (Phi) is 7.34. The van der Waals surface area contributed by atoms with Crippen LogP contribution in [-0.4, -0.2) is 30.7 Å². The molecule has 2 N–H and O–H groups in total. The zero-order chi connectivity index (χ0) is 18.2. The first kappa shape index (κ1) is 19.3. The standard InChI is InChI=1S/C20H26FN3S/c1-4-15-5-9-17(10-6-15)19(24(2)3)14-23-20(25)22-13-16-7-11-18(21)12-8-16/h5-12,19H,4,13-14H2,1-3H3,(H2,22,23,25)/t19-/m0/s1. The third-order valence-corrected chi connectivity index (χ3v) is 4.51. The molecule has 0 aromatic heterocycles. The van der Waals surface area contributed by atoms with E-state index in [1.54, 1.807) is 12.1 Å². The van der Waals surface area contributed by atoms with E-state index in [2.05, 4.69) is 60.8 Å². The summed E-state index contributed by atoms with van der Waals surface area (Å²) in [5, 5.41) is 7.04. The molecule has 0 saturated heterocycles. The third kappa shape index (κ3) is 6.11. The highest BCUT2D eigenvalue weighted by Gasteiger charge is 2.14. The number of benzene rings is 2. The average Bonchev–Trinajstić information content (AvgIpc) is 2.61. The molecule has 2 aromatic rings. The third-order valence-electron chi connectivity index (χ3n) is 4.22. The maximum absolute atomic E-state index is 12.9. The van der Waals surface area contributed by atoms with E-state index in [9.17, 15) is 4.39 Å². The summed E-state index contributed by atoms with van der Waals surface area (Å²) in [5.74, 6) is -0.229. The van der Waals surface area contributed by atoms with E-state index in [4.69, 9.17) is 12.2 Å². The summed E-state index contributed by atoms with van der Waals surface area (Å²) in [4.78, 5) is 2.18. The molecule has 2 aromatic carbocycles. The Morgan fingerprint density at radius 1 is 1.00 bits per heavy atom. The van der Waals surface area contributed by atoms with E-state index in [0.29, 0.717) is 18.2 Å². The molecular weight excluding hydrogens is 333 g/mol. The molecule has 0 unspecified atom stereocenters. The molecule has 0 amide bonds. The van der Waals surface area contributed by atoms with Crippen molar-refractivity contribution < 1.29 is 4.39 Å². The minimum Gasteiger partial charge on any atom is -0.361 e. The molecule has 0 aliphatic heterocycles. The van der Waals surface area contributed by atoms with Crippen LogP contribution in [0.4, 0.5) is 4.39 Å². The summed E-state index contributed by atoms with van der Waals surface area (Å²) < 4.78 is 12.9. The Bertz CT molecular complexity index is 668. The van der Waals surface area contributed by atoms with Crippen LogP contribution in [0.25, 0.3) is 0 Å². The highest BCUT2D eigenvalue weighted by atomic mass is 32.1. The van der Waals surface area contributed by atoms with Crippen molar-refractivity contribution in [2.24, 2.45) is 0 Å². The summed E-state index contributed by atoms with van der Waals surface area (Å²) in [6.45, 7) is 3.45. The van der Waals surface area contributed by atoms with E-state index in [1.165, 1.54) is 23.3 Å². The quantitative estimate of drug-likeness (QED) is 0.738. The van der Waals surface area contributed by atoms with Gasteiger partial charge in [0.15, 0.2) is 5.11 Å². The molecule has 0 aliphatic carbocycles. The molecule has 5 heteroatoms. The fourth-order valence-electron chi connectivity index (χ4n) is 2.61. The number of nitrogens with one attached hydrogen (secondary N) is 2. The van der Waals surface area contributed by atoms with Crippen molar-refractivity contribution in [2.45, 2.75) is 25.9 Å². The zero-order valence-corrected chi connectivity index (χ0v) is 15.9. The number of nitrogens with zero attached hydrogens (tertiary/aromatic N) is 1. The van der Waals surface area contributed by atoms with Gasteiger partial charge < -0.3 is 15.5 Å². The lowest BCUT2D eigenvalue weighted by molar-refractivity contribution is 0.298. The summed E-state index contributed by atoms with van der Waals surface area (Å²) in [7, 11) is 4.13. The van der Waals surface area contributed by atoms with Gasteiger partial charge in [0.2, 0.25) is 0 Å². The highest BCUT2D eigenvalue weighted by Crippen LogP contribution is 2.18. The van der Waals surface area contributed by atoms with Crippen LogP contribution >= 0.6 is 12.2 Å². The Hall–Kier alpha value is -1.98. The summed E-state index contributed by atoms with van der Waals surface area (Å²) >= 11 is 5.36. The Morgan fingerprint density at radius 3 is 2.16 bits per heavy atom. The molecule has 25 heavy (non-hydrogen) atoms. The second kappa shape index (κ2) is 9.49. The molecule has 3 nitrogen and oxygen atoms in total. The van der Waals surface area contributed by atoms with Crippen LogP contribution in [0, 0.1) is 5.82 Å². The van der Waals surface area contributed by atoms with Crippen LogP contribution < -0.4 is 10.6 Å². The second-order valence-corrected chi connectivity index (χ2v) is 6.67. The largest absolute Gasteiger partial charge is 0.361 e. The first-order valence-electron chi connectivity index (χ1n) is 8.51. The van der Waals surface area contributed by atoms with Gasteiger partial charge in [0.1, 0.15) is 5.82 Å². The van der Waals surface area contributed by atoms with Crippen LogP contribution in [0.5, 0.6) is 0 Å². The minimum atomic E-state index is -0.229. The summed E-state index contributed by atoms with van der Waals surface area (Å²) in [6, 6.07) is 15.4. The van der Waals surface area contributed by atoms with Gasteiger partial charge in [0.05, 0.1) is 6.04 Å². The molecule has 1 atom stereocenters. The van der Waals surface area contributed by atoms with Gasteiger partial charge in [-0.05, 0) is 61.6 Å². The van der Waals surface area contributed by atoms with Gasteiger partial charge in [-0.2, -0.15) is 0 Å². The normalized spacial score (nSPS) is 12.0. The molecule has 0 saturated carbocycles. The molecule has 0 heterocycles. The molecule has 0 aliphatic rings. The number of hydrogen-bond acceptors (Lipinski definition) is 2. The number of hydrogen-bond donors (Lipinski definition) is 2. The number of likely N-dealkylation sites (N-methyl/N-ethyl adjacent to an activating group) is 1. The minimum absolute atomic E-state index is 0.229. The molecule has 0 spiro atoms. The fourth-order valence-corrected chi connectivity index (χ4v) is 2.77. The average molecular weight is 360 g/mol. The van der Waals surface area contributed by atoms with Gasteiger partial charge in [0.25, 0.3) is 0 Å². The summed E-state index contributed by atoms with van der Waals surface area (Å²) in [5.41, 5.74) is 3.59. The monoisotopic (exact) mass is 359 g/mol. The second-order valence-electron chi connectivity index (χ2n) is 6.26. The van der Waals surface area contributed by atoms with Gasteiger partial charge in [-0.25, -0.2) is 4.39 Å². The van der Waals surface area contributed by atoms with Crippen LogP contribution in [-0.2, 0) is 13.0 Å². The SMILES string of the molecule is CCc1ccc([C@H](CNC(=S)NCc2ccc(F)cc2)N(C)C)cc1. The summed E-state index contributed by atoms with van der Waals surface area (Å²) in [6.07, 6.45) is 1.04. The highest BCUT2D eigenvalue weighted by molar-refractivity contribution is 7.80. The smallest absolute Gasteiger partial charge is 0.166 e. The number of aryl methyl sites for hydroxylation is 1. The Morgan fingerprint density at radius 2 is 1.60 bits per heavy atom. The van der Waals surface area contributed by atoms with Crippen LogP contribution in [0.2, 0.25) is 0 Å². The van der Waals surface area contributed by atoms with Crippen molar-refractivity contribution in [3.05, 3.63) is 71.0 Å². The van der Waals surface area contributed by atoms with Crippen molar-refractivity contribution in [2.75, 3.05) is 20.6 Å². The molecular formula is C20H26FN3S. The first-order valence-corrected chi connectivity index (χ1v) is 8.91. The molecule has 2 rings (SSSR count). The fraction of sp³-hybridized carbons (Fsp3) is 0.350. The van der Waals surface area contributed by atoms with Crippen molar-refractivity contribution in [3.63, 3.8) is 0 Å². The van der Waals surface area contributed by atoms with E-state index in [-0.39, 0.29) is 11.9 Å². The van der Waals surface area contributed by atoms with E-state index in [1.807, 2.05) is 0 Å². The molecule has 134 valence electrons. The lowest BCUT2D eigenvalue weighted by Gasteiger charge is -2.26. The predicted molar refractivity (Wildman–Crippen MR) is 106 cm³/mol. The van der Waals surface area contributed by atoms with Crippen molar-refractivity contribution in [1.82, 2.24) is 15.5 Å². The van der Waals surface area contributed by atoms with Gasteiger partial charge in [-0.15, -0.1) is 0 Å². The number of rotatable bonds is 7. The lowest BCUT2D eigenvalue weighted by atomic mass is 10.0. The topological polar surface area (TPSA) is 27.3 Å². The predicted octanol–water partition coefficient (Wildman–Crippen LogP) is 3.66. The molecule has 0 fully saturated rings. The van der Waals surface area contributed by atoms with Crippen LogP contribution in [0.1, 0.15) is 29.7 Å². The number of halogens is 1. The molecule has 0 bridgehead atoms. The zero-order valence-electron chi connectivity index (χ0n) is 15.1. The van der Waals surface area contributed by atoms with E-state index in [0.717, 1.165) is 12.0 Å². The van der Waals surface area contributed by atoms with Crippen LogP contribution in [0.15, 0.2) is 48.5 Å². The van der Waals surface area contributed by atoms with Gasteiger partial charge in [-0.1, -0.05) is 43.3 Å². The van der Waals surface area contributed by atoms with Gasteiger partial charge >= 0.3 is 0 Å². The van der Waals surface area contributed by atoms with Crippen LogP contribution in [0.3, 0.4) is 0 Å². The first-order chi connectivity index (χ1) is 12.0. The van der Waals surface area contributed by atoms with Crippen molar-refractivity contribution >= 4 is 17.3 Å². The molecule has 0 radical (unpaired) electrons. The lowest BCUT2D eigenvalue weighted by Crippen LogP contribution is -2.40. The van der Waals surface area contributed by atoms with E-state index < -0.39 is 0 Å². The maximum atomic E-state index is 12.9.